The Morgan fingerprint density at radius 2 is 2.33 bits per heavy atom. The van der Waals surface area contributed by atoms with Crippen LogP contribution in [0.15, 0.2) is 24.3 Å². The minimum Gasteiger partial charge on any atom is -0.347 e. The van der Waals surface area contributed by atoms with Gasteiger partial charge in [-0.2, -0.15) is 11.8 Å². The van der Waals surface area contributed by atoms with Gasteiger partial charge in [-0.15, -0.1) is 0 Å². The van der Waals surface area contributed by atoms with Crippen molar-refractivity contribution in [2.45, 2.75) is 25.3 Å². The van der Waals surface area contributed by atoms with Crippen LogP contribution >= 0.6 is 23.1 Å². The number of para-hydroxylation sites is 1. The largest absolute Gasteiger partial charge is 0.347 e. The van der Waals surface area contributed by atoms with Gasteiger partial charge in [0.1, 0.15) is 0 Å². The molecule has 1 aromatic carbocycles. The fourth-order valence-electron chi connectivity index (χ4n) is 2.84. The summed E-state index contributed by atoms with van der Waals surface area (Å²) in [4.78, 5) is 7.25. The molecule has 114 valence electrons. The predicted molar refractivity (Wildman–Crippen MR) is 95.9 cm³/mol. The maximum absolute atomic E-state index is 4.79. The molecule has 3 nitrogen and oxygen atoms in total. The van der Waals surface area contributed by atoms with E-state index in [4.69, 9.17) is 4.98 Å². The average Bonchev–Trinajstić information content (AvgIpc) is 2.96. The number of hydrogen-bond donors (Lipinski definition) is 1. The molecule has 0 amide bonds. The van der Waals surface area contributed by atoms with E-state index in [1.807, 2.05) is 23.1 Å². The Hall–Kier alpha value is -0.780. The van der Waals surface area contributed by atoms with Gasteiger partial charge in [-0.3, -0.25) is 0 Å². The summed E-state index contributed by atoms with van der Waals surface area (Å²) in [5.41, 5.74) is 1.13. The third-order valence-corrected chi connectivity index (χ3v) is 5.73. The minimum absolute atomic E-state index is 0.618. The van der Waals surface area contributed by atoms with Gasteiger partial charge < -0.3 is 10.2 Å². The van der Waals surface area contributed by atoms with Crippen molar-refractivity contribution in [3.05, 3.63) is 24.3 Å². The second kappa shape index (κ2) is 7.47. The molecular formula is C16H23N3S2. The molecule has 1 N–H and O–H groups in total. The van der Waals surface area contributed by atoms with Crippen molar-refractivity contribution >= 4 is 38.4 Å². The highest BCUT2D eigenvalue weighted by molar-refractivity contribution is 7.98. The van der Waals surface area contributed by atoms with Gasteiger partial charge in [0.2, 0.25) is 0 Å². The molecule has 1 aromatic heterocycles. The van der Waals surface area contributed by atoms with Crippen LogP contribution < -0.4 is 10.2 Å². The van der Waals surface area contributed by atoms with Crippen LogP contribution in [-0.2, 0) is 0 Å². The normalized spacial score (nSPS) is 19.3. The van der Waals surface area contributed by atoms with Crippen molar-refractivity contribution in [1.82, 2.24) is 10.3 Å². The molecule has 1 fully saturated rings. The lowest BCUT2D eigenvalue weighted by atomic mass is 10.1. The number of anilines is 1. The summed E-state index contributed by atoms with van der Waals surface area (Å²) in [5.74, 6) is 1.25. The van der Waals surface area contributed by atoms with Gasteiger partial charge in [-0.25, -0.2) is 4.98 Å². The van der Waals surface area contributed by atoms with Crippen LogP contribution in [0.2, 0.25) is 0 Å². The number of nitrogens with zero attached hydrogens (tertiary/aromatic N) is 2. The lowest BCUT2D eigenvalue weighted by molar-refractivity contribution is 0.424. The Labute approximate surface area is 135 Å². The molecule has 0 aliphatic carbocycles. The van der Waals surface area contributed by atoms with E-state index in [2.05, 4.69) is 40.7 Å². The Bertz CT molecular complexity index is 536. The zero-order valence-electron chi connectivity index (χ0n) is 12.5. The van der Waals surface area contributed by atoms with E-state index in [-0.39, 0.29) is 0 Å². The first-order chi connectivity index (χ1) is 10.4. The van der Waals surface area contributed by atoms with Crippen LogP contribution in [0.3, 0.4) is 0 Å². The number of fused-ring (bicyclic) bond motifs is 1. The molecule has 21 heavy (non-hydrogen) atoms. The van der Waals surface area contributed by atoms with Crippen molar-refractivity contribution in [1.29, 1.82) is 0 Å². The molecule has 0 spiro atoms. The average molecular weight is 322 g/mol. The number of benzene rings is 1. The number of thioether (sulfide) groups is 1. The molecule has 0 unspecified atom stereocenters. The number of rotatable bonds is 6. The molecule has 1 aliphatic rings. The molecule has 1 aliphatic heterocycles. The van der Waals surface area contributed by atoms with Crippen molar-refractivity contribution in [2.75, 3.05) is 36.5 Å². The van der Waals surface area contributed by atoms with Crippen LogP contribution in [0.25, 0.3) is 10.2 Å². The van der Waals surface area contributed by atoms with Crippen LogP contribution in [-0.4, -0.2) is 42.7 Å². The summed E-state index contributed by atoms with van der Waals surface area (Å²) in [6.07, 6.45) is 5.99. The Morgan fingerprint density at radius 3 is 3.19 bits per heavy atom. The summed E-state index contributed by atoms with van der Waals surface area (Å²) >= 11 is 3.75. The van der Waals surface area contributed by atoms with Crippen molar-refractivity contribution in [3.8, 4) is 0 Å². The van der Waals surface area contributed by atoms with E-state index in [0.29, 0.717) is 6.04 Å². The first kappa shape index (κ1) is 15.1. The molecule has 2 heterocycles. The summed E-state index contributed by atoms with van der Waals surface area (Å²) in [6.45, 7) is 3.38. The summed E-state index contributed by atoms with van der Waals surface area (Å²) in [5, 5.41) is 4.90. The number of aromatic nitrogens is 1. The maximum atomic E-state index is 4.79. The summed E-state index contributed by atoms with van der Waals surface area (Å²) < 4.78 is 1.29. The van der Waals surface area contributed by atoms with E-state index < -0.39 is 0 Å². The van der Waals surface area contributed by atoms with E-state index in [1.54, 1.807) is 0 Å². The smallest absolute Gasteiger partial charge is 0.186 e. The van der Waals surface area contributed by atoms with E-state index >= 15 is 0 Å². The molecule has 5 heteroatoms. The van der Waals surface area contributed by atoms with E-state index in [1.165, 1.54) is 34.8 Å². The highest BCUT2D eigenvalue weighted by Crippen LogP contribution is 2.30. The fourth-order valence-corrected chi connectivity index (χ4v) is 4.27. The Morgan fingerprint density at radius 1 is 1.43 bits per heavy atom. The third kappa shape index (κ3) is 3.90. The first-order valence-corrected chi connectivity index (χ1v) is 9.90. The zero-order chi connectivity index (χ0) is 14.5. The lowest BCUT2D eigenvalue weighted by Gasteiger charge is -2.33. The second-order valence-electron chi connectivity index (χ2n) is 5.55. The van der Waals surface area contributed by atoms with Crippen LogP contribution in [0.5, 0.6) is 0 Å². The van der Waals surface area contributed by atoms with Gasteiger partial charge in [-0.1, -0.05) is 23.5 Å². The maximum Gasteiger partial charge on any atom is 0.186 e. The van der Waals surface area contributed by atoms with Gasteiger partial charge in [-0.05, 0) is 49.9 Å². The number of hydrogen-bond acceptors (Lipinski definition) is 5. The first-order valence-electron chi connectivity index (χ1n) is 7.69. The van der Waals surface area contributed by atoms with E-state index in [9.17, 15) is 0 Å². The van der Waals surface area contributed by atoms with Crippen molar-refractivity contribution in [3.63, 3.8) is 0 Å². The standard InChI is InChI=1S/C16H23N3S2/c1-20-11-5-9-17-13-6-4-10-19(12-13)16-18-14-7-2-3-8-15(14)21-16/h2-3,7-8,13,17H,4-6,9-12H2,1H3/t13-/m1/s1. The summed E-state index contributed by atoms with van der Waals surface area (Å²) in [7, 11) is 0. The fraction of sp³-hybridized carbons (Fsp3) is 0.562. The number of thiazole rings is 1. The number of piperidine rings is 1. The Balaban J connectivity index is 1.60. The predicted octanol–water partition coefficient (Wildman–Crippen LogP) is 3.61. The lowest BCUT2D eigenvalue weighted by Crippen LogP contribution is -2.46. The SMILES string of the molecule is CSCCCN[C@@H]1CCCN(c2nc3ccccc3s2)C1. The monoisotopic (exact) mass is 321 g/mol. The Kier molecular flexibility index (Phi) is 5.38. The van der Waals surface area contributed by atoms with Gasteiger partial charge in [0.05, 0.1) is 10.2 Å². The van der Waals surface area contributed by atoms with Crippen molar-refractivity contribution in [2.24, 2.45) is 0 Å². The van der Waals surface area contributed by atoms with Gasteiger partial charge in [0.25, 0.3) is 0 Å². The molecule has 0 radical (unpaired) electrons. The van der Waals surface area contributed by atoms with Crippen LogP contribution in [0.4, 0.5) is 5.13 Å². The summed E-state index contributed by atoms with van der Waals surface area (Å²) in [6, 6.07) is 9.05. The van der Waals surface area contributed by atoms with Gasteiger partial charge in [0, 0.05) is 19.1 Å². The molecular weight excluding hydrogens is 298 g/mol. The van der Waals surface area contributed by atoms with Crippen molar-refractivity contribution < 1.29 is 0 Å². The molecule has 3 rings (SSSR count). The molecule has 1 saturated heterocycles. The van der Waals surface area contributed by atoms with Gasteiger partial charge in [0.15, 0.2) is 5.13 Å². The van der Waals surface area contributed by atoms with Crippen LogP contribution in [0, 0.1) is 0 Å². The van der Waals surface area contributed by atoms with Gasteiger partial charge >= 0.3 is 0 Å². The molecule has 0 bridgehead atoms. The molecule has 1 atom stereocenters. The van der Waals surface area contributed by atoms with E-state index in [0.717, 1.165) is 25.2 Å². The third-order valence-electron chi connectivity index (χ3n) is 3.93. The quantitative estimate of drug-likeness (QED) is 0.823. The topological polar surface area (TPSA) is 28.2 Å². The highest BCUT2D eigenvalue weighted by Gasteiger charge is 2.21. The highest BCUT2D eigenvalue weighted by atomic mass is 32.2. The molecule has 2 aromatic rings. The minimum atomic E-state index is 0.618. The zero-order valence-corrected chi connectivity index (χ0v) is 14.2. The number of nitrogens with one attached hydrogen (secondary N) is 1. The second-order valence-corrected chi connectivity index (χ2v) is 7.54. The molecule has 0 saturated carbocycles. The van der Waals surface area contributed by atoms with Crippen LogP contribution in [0.1, 0.15) is 19.3 Å².